The molecule has 0 aliphatic carbocycles. The van der Waals surface area contributed by atoms with Crippen LogP contribution in [0.2, 0.25) is 0 Å². The second kappa shape index (κ2) is 11.4. The molecule has 2 nitrogen and oxygen atoms in total. The van der Waals surface area contributed by atoms with E-state index in [1.165, 1.54) is 27.8 Å². The van der Waals surface area contributed by atoms with Gasteiger partial charge >= 0.3 is 0 Å². The first-order chi connectivity index (χ1) is 13.2. The van der Waals surface area contributed by atoms with Crippen molar-refractivity contribution in [2.24, 2.45) is 0 Å². The summed E-state index contributed by atoms with van der Waals surface area (Å²) in [6.45, 7) is 8.16. The maximum absolute atomic E-state index is 5.79. The molecule has 0 heterocycles. The molecule has 27 heavy (non-hydrogen) atoms. The Kier molecular flexibility index (Phi) is 8.86. The molecule has 144 valence electrons. The van der Waals surface area contributed by atoms with Crippen LogP contribution in [-0.2, 0) is 0 Å². The van der Waals surface area contributed by atoms with Gasteiger partial charge in [-0.3, -0.25) is 0 Å². The van der Waals surface area contributed by atoms with Crippen LogP contribution in [0.25, 0.3) is 11.1 Å². The first-order valence-electron chi connectivity index (χ1n) is 10.0. The van der Waals surface area contributed by atoms with Gasteiger partial charge in [-0.1, -0.05) is 68.0 Å². The standard InChI is InChI=1S/C25H33NO/c1-5-20(6-2)19-25(24(7-3)21-11-9-8-10-12-21)22-13-15-23(16-14-22)27-18-17-26-4/h5,8-16,26H,6-7,17-19H2,1-4H3/b20-5+,25-24-. The zero-order valence-electron chi connectivity index (χ0n) is 17.2. The molecule has 2 heteroatoms. The molecule has 2 aromatic rings. The summed E-state index contributed by atoms with van der Waals surface area (Å²) in [5.41, 5.74) is 6.91. The van der Waals surface area contributed by atoms with E-state index in [0.29, 0.717) is 6.61 Å². The number of hydrogen-bond acceptors (Lipinski definition) is 2. The quantitative estimate of drug-likeness (QED) is 0.301. The van der Waals surface area contributed by atoms with Crippen molar-refractivity contribution in [3.8, 4) is 5.75 Å². The Morgan fingerprint density at radius 1 is 0.889 bits per heavy atom. The first kappa shape index (κ1) is 21.0. The van der Waals surface area contributed by atoms with Crippen LogP contribution in [0.3, 0.4) is 0 Å². The van der Waals surface area contributed by atoms with E-state index < -0.39 is 0 Å². The molecule has 0 fully saturated rings. The SMILES string of the molecule is C/C=C(\CC)C/C(=C(\CC)c1ccccc1)c1ccc(OCCNC)cc1. The second-order valence-corrected chi connectivity index (χ2v) is 6.63. The van der Waals surface area contributed by atoms with Gasteiger partial charge in [0.1, 0.15) is 12.4 Å². The lowest BCUT2D eigenvalue weighted by Gasteiger charge is -2.17. The van der Waals surface area contributed by atoms with E-state index in [1.54, 1.807) is 0 Å². The summed E-state index contributed by atoms with van der Waals surface area (Å²) in [5.74, 6) is 0.924. The Hall–Kier alpha value is -2.32. The highest BCUT2D eigenvalue weighted by atomic mass is 16.5. The van der Waals surface area contributed by atoms with Crippen molar-refractivity contribution in [1.82, 2.24) is 5.32 Å². The van der Waals surface area contributed by atoms with Crippen molar-refractivity contribution in [3.63, 3.8) is 0 Å². The van der Waals surface area contributed by atoms with Gasteiger partial charge in [0.2, 0.25) is 0 Å². The summed E-state index contributed by atoms with van der Waals surface area (Å²) >= 11 is 0. The molecule has 0 aromatic heterocycles. The first-order valence-corrected chi connectivity index (χ1v) is 10.0. The minimum atomic E-state index is 0.682. The summed E-state index contributed by atoms with van der Waals surface area (Å²) in [7, 11) is 1.94. The molecule has 2 aromatic carbocycles. The van der Waals surface area contributed by atoms with Crippen molar-refractivity contribution in [3.05, 3.63) is 77.4 Å². The molecule has 0 aliphatic heterocycles. The zero-order chi connectivity index (χ0) is 19.5. The number of nitrogens with one attached hydrogen (secondary N) is 1. The molecule has 0 radical (unpaired) electrons. The Morgan fingerprint density at radius 3 is 2.11 bits per heavy atom. The number of ether oxygens (including phenoxy) is 1. The molecule has 0 saturated heterocycles. The third-order valence-electron chi connectivity index (χ3n) is 4.93. The molecule has 0 bridgehead atoms. The van der Waals surface area contributed by atoms with Crippen LogP contribution in [0.4, 0.5) is 0 Å². The maximum Gasteiger partial charge on any atom is 0.119 e. The Morgan fingerprint density at radius 2 is 1.56 bits per heavy atom. The van der Waals surface area contributed by atoms with Crippen LogP contribution in [-0.4, -0.2) is 20.2 Å². The van der Waals surface area contributed by atoms with Crippen molar-refractivity contribution >= 4 is 11.1 Å². The molecule has 0 spiro atoms. The fraction of sp³-hybridized carbons (Fsp3) is 0.360. The van der Waals surface area contributed by atoms with Gasteiger partial charge in [0, 0.05) is 6.54 Å². The van der Waals surface area contributed by atoms with Gasteiger partial charge in [0.05, 0.1) is 0 Å². The van der Waals surface area contributed by atoms with Crippen LogP contribution >= 0.6 is 0 Å². The molecular formula is C25H33NO. The normalized spacial score (nSPS) is 12.7. The highest BCUT2D eigenvalue weighted by Gasteiger charge is 2.12. The topological polar surface area (TPSA) is 21.3 Å². The smallest absolute Gasteiger partial charge is 0.119 e. The van der Waals surface area contributed by atoms with Crippen LogP contribution < -0.4 is 10.1 Å². The van der Waals surface area contributed by atoms with E-state index in [1.807, 2.05) is 7.05 Å². The summed E-state index contributed by atoms with van der Waals surface area (Å²) < 4.78 is 5.79. The summed E-state index contributed by atoms with van der Waals surface area (Å²) in [6, 6.07) is 19.3. The Bertz CT molecular complexity index is 742. The lowest BCUT2D eigenvalue weighted by Crippen LogP contribution is -2.15. The van der Waals surface area contributed by atoms with E-state index in [-0.39, 0.29) is 0 Å². The van der Waals surface area contributed by atoms with Crippen LogP contribution in [0.15, 0.2) is 66.2 Å². The van der Waals surface area contributed by atoms with Gasteiger partial charge in [0.25, 0.3) is 0 Å². The van der Waals surface area contributed by atoms with Crippen molar-refractivity contribution in [1.29, 1.82) is 0 Å². The summed E-state index contributed by atoms with van der Waals surface area (Å²) in [4.78, 5) is 0. The number of benzene rings is 2. The summed E-state index contributed by atoms with van der Waals surface area (Å²) in [5, 5.41) is 3.10. The number of allylic oxidation sites excluding steroid dienone is 4. The van der Waals surface area contributed by atoms with Gasteiger partial charge in [-0.25, -0.2) is 0 Å². The Balaban J connectivity index is 2.41. The highest BCUT2D eigenvalue weighted by molar-refractivity contribution is 5.91. The van der Waals surface area contributed by atoms with E-state index >= 15 is 0 Å². The molecule has 0 unspecified atom stereocenters. The highest BCUT2D eigenvalue weighted by Crippen LogP contribution is 2.34. The van der Waals surface area contributed by atoms with E-state index in [2.05, 4.69) is 86.8 Å². The van der Waals surface area contributed by atoms with Crippen LogP contribution in [0.1, 0.15) is 51.2 Å². The van der Waals surface area contributed by atoms with Gasteiger partial charge in [0.15, 0.2) is 0 Å². The minimum absolute atomic E-state index is 0.682. The second-order valence-electron chi connectivity index (χ2n) is 6.63. The van der Waals surface area contributed by atoms with Gasteiger partial charge < -0.3 is 10.1 Å². The molecule has 0 amide bonds. The number of rotatable bonds is 10. The van der Waals surface area contributed by atoms with Gasteiger partial charge in [-0.2, -0.15) is 0 Å². The molecule has 0 aliphatic rings. The van der Waals surface area contributed by atoms with E-state index in [9.17, 15) is 0 Å². The minimum Gasteiger partial charge on any atom is -0.492 e. The number of likely N-dealkylation sites (N-methyl/N-ethyl adjacent to an activating group) is 1. The third-order valence-corrected chi connectivity index (χ3v) is 4.93. The van der Waals surface area contributed by atoms with Gasteiger partial charge in [-0.15, -0.1) is 0 Å². The predicted molar refractivity (Wildman–Crippen MR) is 118 cm³/mol. The van der Waals surface area contributed by atoms with Crippen LogP contribution in [0, 0.1) is 0 Å². The molecule has 1 N–H and O–H groups in total. The molecule has 2 rings (SSSR count). The average Bonchev–Trinajstić information content (AvgIpc) is 2.72. The average molecular weight is 364 g/mol. The lowest BCUT2D eigenvalue weighted by atomic mass is 9.88. The van der Waals surface area contributed by atoms with E-state index in [4.69, 9.17) is 4.74 Å². The van der Waals surface area contributed by atoms with Gasteiger partial charge in [-0.05, 0) is 67.6 Å². The summed E-state index contributed by atoms with van der Waals surface area (Å²) in [6.07, 6.45) is 5.34. The van der Waals surface area contributed by atoms with Crippen molar-refractivity contribution in [2.75, 3.05) is 20.2 Å². The Labute approximate surface area is 165 Å². The third kappa shape index (κ3) is 6.11. The predicted octanol–water partition coefficient (Wildman–Crippen LogP) is 6.35. The van der Waals surface area contributed by atoms with Crippen molar-refractivity contribution < 1.29 is 4.74 Å². The zero-order valence-corrected chi connectivity index (χ0v) is 17.2. The maximum atomic E-state index is 5.79. The lowest BCUT2D eigenvalue weighted by molar-refractivity contribution is 0.318. The molecule has 0 atom stereocenters. The van der Waals surface area contributed by atoms with E-state index in [0.717, 1.165) is 31.6 Å². The monoisotopic (exact) mass is 363 g/mol. The number of hydrogen-bond donors (Lipinski definition) is 1. The fourth-order valence-corrected chi connectivity index (χ4v) is 3.30. The largest absolute Gasteiger partial charge is 0.492 e. The molecular weight excluding hydrogens is 330 g/mol. The van der Waals surface area contributed by atoms with Crippen LogP contribution in [0.5, 0.6) is 5.75 Å². The molecule has 0 saturated carbocycles. The van der Waals surface area contributed by atoms with Crippen molar-refractivity contribution in [2.45, 2.75) is 40.0 Å². The fourth-order valence-electron chi connectivity index (χ4n) is 3.30.